The monoisotopic (exact) mass is 251 g/mol. The van der Waals surface area contributed by atoms with Crippen molar-refractivity contribution in [3.63, 3.8) is 0 Å². The van der Waals surface area contributed by atoms with Crippen molar-refractivity contribution in [2.75, 3.05) is 6.61 Å². The van der Waals surface area contributed by atoms with Gasteiger partial charge in [-0.15, -0.1) is 0 Å². The first-order valence-corrected chi connectivity index (χ1v) is 8.15. The van der Waals surface area contributed by atoms with Crippen molar-refractivity contribution in [1.29, 1.82) is 0 Å². The van der Waals surface area contributed by atoms with Gasteiger partial charge in [0.25, 0.3) is 0 Å². The van der Waals surface area contributed by atoms with Gasteiger partial charge >= 0.3 is 0 Å². The Morgan fingerprint density at radius 3 is 2.50 bits per heavy atom. The maximum atomic E-state index is 6.74. The van der Waals surface area contributed by atoms with E-state index in [-0.39, 0.29) is 5.60 Å². The number of hydrogen-bond acceptors (Lipinski definition) is 2. The van der Waals surface area contributed by atoms with Crippen LogP contribution in [0.1, 0.15) is 64.7 Å². The molecule has 104 valence electrons. The summed E-state index contributed by atoms with van der Waals surface area (Å²) in [4.78, 5) is 0. The van der Waals surface area contributed by atoms with Gasteiger partial charge in [0.2, 0.25) is 0 Å². The van der Waals surface area contributed by atoms with E-state index >= 15 is 0 Å². The Morgan fingerprint density at radius 2 is 1.94 bits per heavy atom. The van der Waals surface area contributed by atoms with E-state index in [1.165, 1.54) is 57.8 Å². The molecule has 2 nitrogen and oxygen atoms in total. The fourth-order valence-electron chi connectivity index (χ4n) is 5.14. The van der Waals surface area contributed by atoms with Gasteiger partial charge < -0.3 is 10.5 Å². The molecule has 0 aromatic rings. The van der Waals surface area contributed by atoms with E-state index in [0.29, 0.717) is 6.04 Å². The van der Waals surface area contributed by atoms with Crippen LogP contribution in [0.4, 0.5) is 0 Å². The predicted molar refractivity (Wildman–Crippen MR) is 74.4 cm³/mol. The summed E-state index contributed by atoms with van der Waals surface area (Å²) in [6, 6.07) is 0.299. The highest BCUT2D eigenvalue weighted by Crippen LogP contribution is 2.52. The summed E-state index contributed by atoms with van der Waals surface area (Å²) in [5.74, 6) is 2.67. The van der Waals surface area contributed by atoms with Gasteiger partial charge in [-0.2, -0.15) is 0 Å². The zero-order valence-corrected chi connectivity index (χ0v) is 11.9. The van der Waals surface area contributed by atoms with Gasteiger partial charge in [-0.05, 0) is 56.8 Å². The molecule has 4 unspecified atom stereocenters. The molecular weight excluding hydrogens is 222 g/mol. The molecule has 2 heteroatoms. The van der Waals surface area contributed by atoms with Crippen molar-refractivity contribution in [3.8, 4) is 0 Å². The lowest BCUT2D eigenvalue weighted by atomic mass is 9.70. The third kappa shape index (κ3) is 2.12. The summed E-state index contributed by atoms with van der Waals surface area (Å²) in [6.45, 7) is 2.96. The van der Waals surface area contributed by atoms with Crippen molar-refractivity contribution in [2.45, 2.75) is 76.4 Å². The molecule has 0 heterocycles. The van der Waals surface area contributed by atoms with E-state index in [2.05, 4.69) is 6.92 Å². The smallest absolute Gasteiger partial charge is 0.0835 e. The predicted octanol–water partition coefficient (Wildman–Crippen LogP) is 3.49. The van der Waals surface area contributed by atoms with Gasteiger partial charge in [0.15, 0.2) is 0 Å². The molecular formula is C16H29NO. The average molecular weight is 251 g/mol. The maximum Gasteiger partial charge on any atom is 0.0835 e. The van der Waals surface area contributed by atoms with Crippen molar-refractivity contribution < 1.29 is 4.74 Å². The lowest BCUT2D eigenvalue weighted by molar-refractivity contribution is -0.0978. The van der Waals surface area contributed by atoms with Crippen LogP contribution in [-0.4, -0.2) is 18.2 Å². The molecule has 4 atom stereocenters. The molecule has 0 spiro atoms. The molecule has 3 fully saturated rings. The van der Waals surface area contributed by atoms with Gasteiger partial charge in [-0.25, -0.2) is 0 Å². The zero-order chi connectivity index (χ0) is 12.6. The standard InChI is InChI=1S/C16H29NO/c1-2-18-16(8-4-3-5-9-16)15(17)14-11-12-6-7-13(14)10-12/h12-15H,2-11,17H2,1H3. The lowest BCUT2D eigenvalue weighted by Crippen LogP contribution is -2.56. The van der Waals surface area contributed by atoms with Crippen LogP contribution in [-0.2, 0) is 4.74 Å². The Balaban J connectivity index is 1.73. The van der Waals surface area contributed by atoms with E-state index in [9.17, 15) is 0 Å². The summed E-state index contributed by atoms with van der Waals surface area (Å²) in [5, 5.41) is 0. The first-order valence-electron chi connectivity index (χ1n) is 8.15. The second kappa shape index (κ2) is 5.13. The van der Waals surface area contributed by atoms with Crippen molar-refractivity contribution in [2.24, 2.45) is 23.5 Å². The highest BCUT2D eigenvalue weighted by molar-refractivity contribution is 5.03. The lowest BCUT2D eigenvalue weighted by Gasteiger charge is -2.45. The zero-order valence-electron chi connectivity index (χ0n) is 11.9. The van der Waals surface area contributed by atoms with Crippen LogP contribution in [0.25, 0.3) is 0 Å². The third-order valence-electron chi connectivity index (χ3n) is 5.99. The summed E-state index contributed by atoms with van der Waals surface area (Å²) < 4.78 is 6.23. The van der Waals surface area contributed by atoms with Crippen LogP contribution in [0, 0.1) is 17.8 Å². The quantitative estimate of drug-likeness (QED) is 0.830. The first-order chi connectivity index (χ1) is 8.75. The average Bonchev–Trinajstić information content (AvgIpc) is 3.01. The molecule has 0 aromatic heterocycles. The van der Waals surface area contributed by atoms with Crippen molar-refractivity contribution in [3.05, 3.63) is 0 Å². The molecule has 0 aromatic carbocycles. The first kappa shape index (κ1) is 12.9. The molecule has 3 saturated carbocycles. The third-order valence-corrected chi connectivity index (χ3v) is 5.99. The fourth-order valence-corrected chi connectivity index (χ4v) is 5.14. The van der Waals surface area contributed by atoms with Crippen molar-refractivity contribution >= 4 is 0 Å². The number of nitrogens with two attached hydrogens (primary N) is 1. The van der Waals surface area contributed by atoms with Crippen LogP contribution in [0.2, 0.25) is 0 Å². The van der Waals surface area contributed by atoms with E-state index < -0.39 is 0 Å². The molecule has 0 amide bonds. The molecule has 18 heavy (non-hydrogen) atoms. The second-order valence-electron chi connectivity index (χ2n) is 6.92. The Kier molecular flexibility index (Phi) is 3.68. The topological polar surface area (TPSA) is 35.2 Å². The van der Waals surface area contributed by atoms with Crippen LogP contribution in [0.5, 0.6) is 0 Å². The Bertz CT molecular complexity index is 279. The van der Waals surface area contributed by atoms with Gasteiger partial charge in [0.05, 0.1) is 5.60 Å². The van der Waals surface area contributed by atoms with Crippen LogP contribution in [0.15, 0.2) is 0 Å². The normalized spacial score (nSPS) is 40.0. The molecule has 3 aliphatic rings. The number of ether oxygens (including phenoxy) is 1. The summed E-state index contributed by atoms with van der Waals surface area (Å²) in [7, 11) is 0. The van der Waals surface area contributed by atoms with Gasteiger partial charge in [-0.1, -0.05) is 25.7 Å². The largest absolute Gasteiger partial charge is 0.374 e. The van der Waals surface area contributed by atoms with E-state index in [1.54, 1.807) is 0 Å². The maximum absolute atomic E-state index is 6.74. The van der Waals surface area contributed by atoms with Crippen LogP contribution < -0.4 is 5.73 Å². The molecule has 0 aliphatic heterocycles. The van der Waals surface area contributed by atoms with Gasteiger partial charge in [0, 0.05) is 12.6 Å². The molecule has 3 aliphatic carbocycles. The number of fused-ring (bicyclic) bond motifs is 2. The highest BCUT2D eigenvalue weighted by atomic mass is 16.5. The minimum atomic E-state index is 0.0299. The van der Waals surface area contributed by atoms with E-state index in [4.69, 9.17) is 10.5 Å². The SMILES string of the molecule is CCOC1(C(N)C2CC3CCC2C3)CCCCC1. The Hall–Kier alpha value is -0.0800. The van der Waals surface area contributed by atoms with Gasteiger partial charge in [0.1, 0.15) is 0 Å². The summed E-state index contributed by atoms with van der Waals surface area (Å²) >= 11 is 0. The van der Waals surface area contributed by atoms with E-state index in [1.807, 2.05) is 0 Å². The molecule has 0 radical (unpaired) electrons. The van der Waals surface area contributed by atoms with E-state index in [0.717, 1.165) is 24.4 Å². The van der Waals surface area contributed by atoms with Crippen LogP contribution in [0.3, 0.4) is 0 Å². The fraction of sp³-hybridized carbons (Fsp3) is 1.00. The van der Waals surface area contributed by atoms with Crippen molar-refractivity contribution in [1.82, 2.24) is 0 Å². The minimum absolute atomic E-state index is 0.0299. The molecule has 0 saturated heterocycles. The summed E-state index contributed by atoms with van der Waals surface area (Å²) in [5.41, 5.74) is 6.77. The second-order valence-corrected chi connectivity index (χ2v) is 6.92. The minimum Gasteiger partial charge on any atom is -0.374 e. The van der Waals surface area contributed by atoms with Gasteiger partial charge in [-0.3, -0.25) is 0 Å². The number of hydrogen-bond donors (Lipinski definition) is 1. The number of rotatable bonds is 4. The van der Waals surface area contributed by atoms with Crippen LogP contribution >= 0.6 is 0 Å². The Morgan fingerprint density at radius 1 is 1.17 bits per heavy atom. The highest BCUT2D eigenvalue weighted by Gasteiger charge is 2.49. The Labute approximate surface area is 112 Å². The molecule has 2 N–H and O–H groups in total. The molecule has 3 rings (SSSR count). The molecule has 2 bridgehead atoms. The summed E-state index contributed by atoms with van der Waals surface area (Å²) in [6.07, 6.45) is 12.2.